The molecular formula is C33H40N6O5. The summed E-state index contributed by atoms with van der Waals surface area (Å²) in [6.07, 6.45) is 5.41. The molecule has 3 fully saturated rings. The van der Waals surface area contributed by atoms with Crippen LogP contribution >= 0.6 is 0 Å². The molecule has 4 aromatic rings. The van der Waals surface area contributed by atoms with Crippen molar-refractivity contribution in [3.8, 4) is 0 Å². The minimum atomic E-state index is -0.726. The summed E-state index contributed by atoms with van der Waals surface area (Å²) < 4.78 is 27.1. The number of anilines is 2. The van der Waals surface area contributed by atoms with Crippen LogP contribution in [0, 0.1) is 5.92 Å². The van der Waals surface area contributed by atoms with Crippen molar-refractivity contribution in [1.82, 2.24) is 19.5 Å². The summed E-state index contributed by atoms with van der Waals surface area (Å²) in [5.41, 5.74) is 8.08. The third-order valence-electron chi connectivity index (χ3n) is 8.51. The van der Waals surface area contributed by atoms with Crippen molar-refractivity contribution >= 4 is 39.7 Å². The van der Waals surface area contributed by atoms with Gasteiger partial charge >= 0.3 is 6.09 Å². The predicted molar refractivity (Wildman–Crippen MR) is 166 cm³/mol. The summed E-state index contributed by atoms with van der Waals surface area (Å²) in [5.74, 6) is 0.811. The molecule has 1 aromatic carbocycles. The van der Waals surface area contributed by atoms with E-state index in [0.717, 1.165) is 40.3 Å². The Labute approximate surface area is 256 Å². The molecule has 0 radical (unpaired) electrons. The van der Waals surface area contributed by atoms with Gasteiger partial charge in [0.1, 0.15) is 41.4 Å². The van der Waals surface area contributed by atoms with Gasteiger partial charge in [0.15, 0.2) is 5.79 Å². The Bertz CT molecular complexity index is 1710. The van der Waals surface area contributed by atoms with Crippen LogP contribution < -0.4 is 10.6 Å². The molecule has 0 spiro atoms. The number of benzene rings is 1. The molecule has 4 atom stereocenters. The summed E-state index contributed by atoms with van der Waals surface area (Å²) in [6.45, 7) is 10.5. The fraction of sp³-hybridized carbons (Fsp3) is 0.515. The number of nitrogens with two attached hydrogens (primary N) is 1. The van der Waals surface area contributed by atoms with E-state index in [1.165, 1.54) is 6.33 Å². The van der Waals surface area contributed by atoms with Gasteiger partial charge in [0.05, 0.1) is 29.7 Å². The first-order valence-corrected chi connectivity index (χ1v) is 15.4. The fourth-order valence-corrected chi connectivity index (χ4v) is 6.33. The highest BCUT2D eigenvalue weighted by atomic mass is 16.8. The van der Waals surface area contributed by atoms with Crippen LogP contribution in [0.15, 0.2) is 48.9 Å². The van der Waals surface area contributed by atoms with Crippen molar-refractivity contribution in [3.63, 3.8) is 0 Å². The molecule has 0 unspecified atom stereocenters. The lowest BCUT2D eigenvalue weighted by atomic mass is 10.1. The van der Waals surface area contributed by atoms with Crippen LogP contribution in [0.4, 0.5) is 16.4 Å². The van der Waals surface area contributed by atoms with Crippen LogP contribution in [0.3, 0.4) is 0 Å². The largest absolute Gasteiger partial charge is 0.443 e. The Morgan fingerprint density at radius 3 is 2.66 bits per heavy atom. The number of aromatic nitrogens is 4. The van der Waals surface area contributed by atoms with E-state index in [-0.39, 0.29) is 30.4 Å². The Balaban J connectivity index is 1.11. The molecule has 4 heterocycles. The van der Waals surface area contributed by atoms with Gasteiger partial charge in [0.2, 0.25) is 0 Å². The summed E-state index contributed by atoms with van der Waals surface area (Å²) in [5, 5.41) is 1.81. The number of carbonyl (C=O) groups excluding carboxylic acids is 1. The number of hydrogen-bond acceptors (Lipinski definition) is 9. The highest BCUT2D eigenvalue weighted by Crippen LogP contribution is 2.46. The van der Waals surface area contributed by atoms with Crippen LogP contribution in [0.1, 0.15) is 65.5 Å². The van der Waals surface area contributed by atoms with Gasteiger partial charge in [-0.1, -0.05) is 12.1 Å². The minimum Gasteiger partial charge on any atom is -0.443 e. The summed E-state index contributed by atoms with van der Waals surface area (Å²) in [6, 6.07) is 11.9. The van der Waals surface area contributed by atoms with Gasteiger partial charge < -0.3 is 29.2 Å². The van der Waals surface area contributed by atoms with Gasteiger partial charge in [-0.25, -0.2) is 19.7 Å². The van der Waals surface area contributed by atoms with E-state index in [9.17, 15) is 4.79 Å². The van der Waals surface area contributed by atoms with E-state index < -0.39 is 11.4 Å². The molecule has 11 nitrogen and oxygen atoms in total. The van der Waals surface area contributed by atoms with E-state index in [0.29, 0.717) is 37.1 Å². The zero-order valence-electron chi connectivity index (χ0n) is 25.9. The molecule has 0 bridgehead atoms. The number of rotatable bonds is 7. The molecule has 2 N–H and O–H groups in total. The lowest BCUT2D eigenvalue weighted by Gasteiger charge is -2.27. The molecule has 1 saturated heterocycles. The molecule has 44 heavy (non-hydrogen) atoms. The monoisotopic (exact) mass is 600 g/mol. The van der Waals surface area contributed by atoms with Gasteiger partial charge in [-0.15, -0.1) is 0 Å². The maximum atomic E-state index is 13.1. The van der Waals surface area contributed by atoms with E-state index in [2.05, 4.69) is 20.6 Å². The van der Waals surface area contributed by atoms with Crippen LogP contribution in [0.2, 0.25) is 0 Å². The zero-order valence-corrected chi connectivity index (χ0v) is 25.9. The third kappa shape index (κ3) is 5.71. The smallest absolute Gasteiger partial charge is 0.416 e. The fourth-order valence-electron chi connectivity index (χ4n) is 6.33. The number of nitrogens with zero attached hydrogens (tertiary/aromatic N) is 5. The first-order chi connectivity index (χ1) is 20.9. The van der Waals surface area contributed by atoms with Crippen molar-refractivity contribution in [2.45, 2.75) is 96.2 Å². The van der Waals surface area contributed by atoms with Crippen molar-refractivity contribution < 1.29 is 23.7 Å². The average molecular weight is 601 g/mol. The molecule has 2 saturated carbocycles. The number of pyridine rings is 1. The lowest BCUT2D eigenvalue weighted by molar-refractivity contribution is -0.171. The van der Waals surface area contributed by atoms with Gasteiger partial charge in [-0.3, -0.25) is 4.90 Å². The SMILES string of the molecule is CC(C)(C)OC(=O)N(CC1CC1)c1ccc2ccc(CO[C@H]3C[C@@H](n4ccc5c(N)ncnc54)[C@@H]4OC(C)(C)O[C@@H]43)cc2n1. The Hall–Kier alpha value is -3.80. The number of hydrogen-bond donors (Lipinski definition) is 1. The van der Waals surface area contributed by atoms with Crippen LogP contribution in [-0.2, 0) is 25.6 Å². The zero-order chi connectivity index (χ0) is 30.8. The van der Waals surface area contributed by atoms with Gasteiger partial charge in [-0.05, 0) is 89.6 Å². The Morgan fingerprint density at radius 1 is 1.11 bits per heavy atom. The first-order valence-electron chi connectivity index (χ1n) is 15.4. The first kappa shape index (κ1) is 28.9. The maximum Gasteiger partial charge on any atom is 0.416 e. The van der Waals surface area contributed by atoms with Crippen molar-refractivity contribution in [2.75, 3.05) is 17.2 Å². The minimum absolute atomic E-state index is 0.0373. The number of fused-ring (bicyclic) bond motifs is 3. The van der Waals surface area contributed by atoms with E-state index in [1.807, 2.05) is 71.1 Å². The van der Waals surface area contributed by atoms with Gasteiger partial charge in [-0.2, -0.15) is 0 Å². The highest BCUT2D eigenvalue weighted by Gasteiger charge is 2.55. The molecule has 3 aromatic heterocycles. The molecule has 3 aliphatic rings. The van der Waals surface area contributed by atoms with Crippen LogP contribution in [0.25, 0.3) is 21.9 Å². The highest BCUT2D eigenvalue weighted by molar-refractivity contribution is 5.89. The number of amides is 1. The van der Waals surface area contributed by atoms with E-state index in [1.54, 1.807) is 4.90 Å². The number of carbonyl (C=O) groups is 1. The number of ether oxygens (including phenoxy) is 4. The lowest BCUT2D eigenvalue weighted by Crippen LogP contribution is -2.38. The molecular weight excluding hydrogens is 560 g/mol. The molecule has 11 heteroatoms. The second-order valence-electron chi connectivity index (χ2n) is 13.7. The standard InChI is InChI=1S/C33H40N6O5/c1-32(2,3)44-31(40)39(16-19-6-7-19)26-11-10-21-9-8-20(14-23(21)37-26)17-41-25-15-24(27-28(25)43-33(4,5)42-27)38-13-12-22-29(34)35-18-36-30(22)38/h8-14,18-19,24-25,27-28H,6-7,15-17H2,1-5H3,(H2,34,35,36)/t24-,25+,27+,28-/m1/s1. The van der Waals surface area contributed by atoms with Crippen molar-refractivity contribution in [3.05, 3.63) is 54.5 Å². The molecule has 7 rings (SSSR count). The summed E-state index contributed by atoms with van der Waals surface area (Å²) in [4.78, 5) is 28.3. The quantitative estimate of drug-likeness (QED) is 0.281. The molecule has 1 aliphatic heterocycles. The Kier molecular flexibility index (Phi) is 7.02. The maximum absolute atomic E-state index is 13.1. The molecule has 2 aliphatic carbocycles. The third-order valence-corrected chi connectivity index (χ3v) is 8.51. The van der Waals surface area contributed by atoms with Crippen molar-refractivity contribution in [2.24, 2.45) is 5.92 Å². The second-order valence-corrected chi connectivity index (χ2v) is 13.7. The van der Waals surface area contributed by atoms with Gasteiger partial charge in [0, 0.05) is 18.1 Å². The second kappa shape index (κ2) is 10.7. The average Bonchev–Trinajstić information content (AvgIpc) is 3.46. The molecule has 232 valence electrons. The van der Waals surface area contributed by atoms with E-state index >= 15 is 0 Å². The predicted octanol–water partition coefficient (Wildman–Crippen LogP) is 5.76. The Morgan fingerprint density at radius 2 is 1.89 bits per heavy atom. The number of nitrogen functional groups attached to an aromatic ring is 1. The summed E-state index contributed by atoms with van der Waals surface area (Å²) in [7, 11) is 0. The summed E-state index contributed by atoms with van der Waals surface area (Å²) >= 11 is 0. The van der Waals surface area contributed by atoms with Gasteiger partial charge in [0.25, 0.3) is 0 Å². The molecule has 1 amide bonds. The van der Waals surface area contributed by atoms with Crippen LogP contribution in [0.5, 0.6) is 0 Å². The topological polar surface area (TPSA) is 127 Å². The van der Waals surface area contributed by atoms with Crippen LogP contribution in [-0.4, -0.2) is 61.9 Å². The van der Waals surface area contributed by atoms with Crippen molar-refractivity contribution in [1.29, 1.82) is 0 Å². The van der Waals surface area contributed by atoms with E-state index in [4.69, 9.17) is 29.7 Å². The normalized spacial score (nSPS) is 24.6.